The van der Waals surface area contributed by atoms with Crippen LogP contribution in [0.4, 0.5) is 0 Å². The monoisotopic (exact) mass is 349 g/mol. The predicted octanol–water partition coefficient (Wildman–Crippen LogP) is 2.68. The predicted molar refractivity (Wildman–Crippen MR) is 91.8 cm³/mol. The number of sulfone groups is 1. The highest BCUT2D eigenvalue weighted by atomic mass is 32.2. The molecule has 0 aromatic carbocycles. The molecule has 1 N–H and O–H groups in total. The summed E-state index contributed by atoms with van der Waals surface area (Å²) in [6, 6.07) is 0. The fourth-order valence-electron chi connectivity index (χ4n) is 2.19. The fraction of sp³-hybridized carbons (Fsp3) is 0.933. The molecule has 1 aliphatic rings. The van der Waals surface area contributed by atoms with Gasteiger partial charge in [0.25, 0.3) is 0 Å². The van der Waals surface area contributed by atoms with Crippen LogP contribution in [0.25, 0.3) is 0 Å². The minimum absolute atomic E-state index is 0.0138. The molecule has 1 heterocycles. The summed E-state index contributed by atoms with van der Waals surface area (Å²) in [5, 5.41) is 1.72. The zero-order valence-electron chi connectivity index (χ0n) is 15.3. The van der Waals surface area contributed by atoms with E-state index in [-0.39, 0.29) is 10.9 Å². The fourth-order valence-corrected chi connectivity index (χ4v) is 5.39. The largest absolute Gasteiger partial charge is 0.413 e. The van der Waals surface area contributed by atoms with Crippen LogP contribution >= 0.6 is 0 Å². The van der Waals surface area contributed by atoms with E-state index in [9.17, 15) is 13.2 Å². The van der Waals surface area contributed by atoms with Crippen LogP contribution in [0, 0.1) is 5.92 Å². The SMILES string of the molecule is C[C@@H](O[Si](C)(C)C(C)(C)C)[C@H]1C(=O)N[C@@H]1S(=O)(=O)C(C)(C)C. The van der Waals surface area contributed by atoms with Gasteiger partial charge in [0.1, 0.15) is 5.37 Å². The lowest BCUT2D eigenvalue weighted by atomic mass is 9.96. The Hall–Kier alpha value is -0.403. The third kappa shape index (κ3) is 3.41. The molecule has 1 amide bonds. The summed E-state index contributed by atoms with van der Waals surface area (Å²) in [7, 11) is -5.51. The molecule has 0 unspecified atom stereocenters. The molecular formula is C15H31NO4SSi. The van der Waals surface area contributed by atoms with Crippen LogP contribution in [0.1, 0.15) is 48.5 Å². The highest BCUT2D eigenvalue weighted by Crippen LogP contribution is 2.40. The zero-order chi connectivity index (χ0) is 17.7. The van der Waals surface area contributed by atoms with Crippen molar-refractivity contribution in [1.29, 1.82) is 0 Å². The van der Waals surface area contributed by atoms with Crippen molar-refractivity contribution in [3.8, 4) is 0 Å². The summed E-state index contributed by atoms with van der Waals surface area (Å²) in [6.07, 6.45) is -0.406. The van der Waals surface area contributed by atoms with Crippen LogP contribution < -0.4 is 5.32 Å². The van der Waals surface area contributed by atoms with Gasteiger partial charge in [-0.1, -0.05) is 20.8 Å². The van der Waals surface area contributed by atoms with Gasteiger partial charge in [-0.05, 0) is 45.8 Å². The molecule has 0 bridgehead atoms. The molecule has 22 heavy (non-hydrogen) atoms. The first-order valence-electron chi connectivity index (χ1n) is 7.74. The van der Waals surface area contributed by atoms with E-state index < -0.39 is 40.3 Å². The van der Waals surface area contributed by atoms with Gasteiger partial charge in [0.05, 0.1) is 16.8 Å². The van der Waals surface area contributed by atoms with E-state index in [1.807, 2.05) is 6.92 Å². The second kappa shape index (κ2) is 5.60. The number of carbonyl (C=O) groups excluding carboxylic acids is 1. The summed E-state index contributed by atoms with van der Waals surface area (Å²) >= 11 is 0. The van der Waals surface area contributed by atoms with Gasteiger partial charge in [-0.2, -0.15) is 0 Å². The van der Waals surface area contributed by atoms with Crippen molar-refractivity contribution >= 4 is 24.1 Å². The Morgan fingerprint density at radius 2 is 1.59 bits per heavy atom. The minimum atomic E-state index is -3.45. The van der Waals surface area contributed by atoms with E-state index in [1.54, 1.807) is 20.8 Å². The summed E-state index contributed by atoms with van der Waals surface area (Å²) in [6.45, 7) is 17.4. The number of β-lactam (4-membered cyclic amide) rings is 1. The molecule has 0 aromatic rings. The van der Waals surface area contributed by atoms with Crippen LogP contribution in [-0.2, 0) is 19.1 Å². The summed E-state index contributed by atoms with van der Waals surface area (Å²) in [5.74, 6) is -0.859. The molecule has 0 radical (unpaired) electrons. The van der Waals surface area contributed by atoms with Gasteiger partial charge < -0.3 is 9.74 Å². The zero-order valence-corrected chi connectivity index (χ0v) is 17.1. The Bertz CT molecular complexity index is 543. The molecule has 0 spiro atoms. The number of hydrogen-bond acceptors (Lipinski definition) is 4. The van der Waals surface area contributed by atoms with Crippen molar-refractivity contribution in [2.24, 2.45) is 5.92 Å². The van der Waals surface area contributed by atoms with Gasteiger partial charge in [-0.3, -0.25) is 4.79 Å². The van der Waals surface area contributed by atoms with Crippen molar-refractivity contribution in [2.45, 2.75) is 82.8 Å². The highest BCUT2D eigenvalue weighted by Gasteiger charge is 2.55. The molecule has 1 aliphatic heterocycles. The Morgan fingerprint density at radius 1 is 1.14 bits per heavy atom. The van der Waals surface area contributed by atoms with E-state index in [4.69, 9.17) is 4.43 Å². The van der Waals surface area contributed by atoms with Crippen molar-refractivity contribution in [3.05, 3.63) is 0 Å². The van der Waals surface area contributed by atoms with Crippen LogP contribution in [0.3, 0.4) is 0 Å². The maximum Gasteiger partial charge on any atom is 0.229 e. The van der Waals surface area contributed by atoms with Crippen molar-refractivity contribution in [3.63, 3.8) is 0 Å². The van der Waals surface area contributed by atoms with E-state index in [0.29, 0.717) is 0 Å². The first kappa shape index (κ1) is 19.6. The second-order valence-electron chi connectivity index (χ2n) is 8.70. The lowest BCUT2D eigenvalue weighted by molar-refractivity contribution is -0.136. The average molecular weight is 350 g/mol. The van der Waals surface area contributed by atoms with Crippen LogP contribution in [-0.4, -0.2) is 38.9 Å². The number of rotatable bonds is 4. The van der Waals surface area contributed by atoms with Gasteiger partial charge in [-0.15, -0.1) is 0 Å². The Kier molecular flexibility index (Phi) is 5.00. The lowest BCUT2D eigenvalue weighted by Crippen LogP contribution is -2.68. The van der Waals surface area contributed by atoms with E-state index in [1.165, 1.54) is 0 Å². The van der Waals surface area contributed by atoms with Gasteiger partial charge in [0.2, 0.25) is 5.91 Å². The number of amides is 1. The first-order chi connectivity index (χ1) is 9.52. The summed E-state index contributed by atoms with van der Waals surface area (Å²) < 4.78 is 30.5. The molecule has 5 nitrogen and oxygen atoms in total. The molecule has 1 rings (SSSR count). The molecule has 1 fully saturated rings. The summed E-state index contributed by atoms with van der Waals surface area (Å²) in [5.41, 5.74) is 0. The van der Waals surface area contributed by atoms with Gasteiger partial charge in [0.15, 0.2) is 18.2 Å². The molecule has 130 valence electrons. The van der Waals surface area contributed by atoms with Gasteiger partial charge >= 0.3 is 0 Å². The highest BCUT2D eigenvalue weighted by molar-refractivity contribution is 7.93. The molecule has 0 aromatic heterocycles. The quantitative estimate of drug-likeness (QED) is 0.625. The number of hydrogen-bond donors (Lipinski definition) is 1. The lowest BCUT2D eigenvalue weighted by Gasteiger charge is -2.46. The number of carbonyl (C=O) groups is 1. The third-order valence-corrected chi connectivity index (χ3v) is 12.3. The first-order valence-corrected chi connectivity index (χ1v) is 12.2. The standard InChI is InChI=1S/C15H31NO4SSi/c1-10(20-22(8,9)15(5,6)7)11-12(17)16-13(11)21(18,19)14(2,3)4/h10-11,13H,1-9H3,(H,16,17)/t10-,11+,13-/m1/s1. The molecule has 7 heteroatoms. The molecule has 0 aliphatic carbocycles. The molecule has 1 saturated heterocycles. The molecule has 0 saturated carbocycles. The topological polar surface area (TPSA) is 72.5 Å². The van der Waals surface area contributed by atoms with Crippen molar-refractivity contribution in [2.75, 3.05) is 0 Å². The van der Waals surface area contributed by atoms with Crippen molar-refractivity contribution < 1.29 is 17.6 Å². The molecular weight excluding hydrogens is 318 g/mol. The molecule has 3 atom stereocenters. The smallest absolute Gasteiger partial charge is 0.229 e. The number of nitrogens with one attached hydrogen (secondary N) is 1. The Morgan fingerprint density at radius 3 is 1.91 bits per heavy atom. The van der Waals surface area contributed by atoms with E-state index in [0.717, 1.165) is 0 Å². The van der Waals surface area contributed by atoms with Crippen LogP contribution in [0.5, 0.6) is 0 Å². The Labute approximate surface area is 136 Å². The van der Waals surface area contributed by atoms with E-state index in [2.05, 4.69) is 39.2 Å². The third-order valence-electron chi connectivity index (χ3n) is 4.89. The van der Waals surface area contributed by atoms with Crippen LogP contribution in [0.2, 0.25) is 18.1 Å². The summed E-state index contributed by atoms with van der Waals surface area (Å²) in [4.78, 5) is 12.0. The second-order valence-corrected chi connectivity index (χ2v) is 16.3. The average Bonchev–Trinajstić information content (AvgIpc) is 2.20. The van der Waals surface area contributed by atoms with Crippen molar-refractivity contribution in [1.82, 2.24) is 5.32 Å². The Balaban J connectivity index is 2.99. The maximum absolute atomic E-state index is 12.6. The van der Waals surface area contributed by atoms with Gasteiger partial charge in [0, 0.05) is 0 Å². The maximum atomic E-state index is 12.6. The van der Waals surface area contributed by atoms with E-state index >= 15 is 0 Å². The van der Waals surface area contributed by atoms with Crippen LogP contribution in [0.15, 0.2) is 0 Å². The minimum Gasteiger partial charge on any atom is -0.413 e. The van der Waals surface area contributed by atoms with Gasteiger partial charge in [-0.25, -0.2) is 8.42 Å². The normalized spacial score (nSPS) is 25.4.